The first-order valence-electron chi connectivity index (χ1n) is 16.4. The van der Waals surface area contributed by atoms with Gasteiger partial charge in [0.2, 0.25) is 0 Å². The van der Waals surface area contributed by atoms with Gasteiger partial charge < -0.3 is 9.32 Å². The Morgan fingerprint density at radius 2 is 0.896 bits per heavy atom. The maximum absolute atomic E-state index is 6.20. The summed E-state index contributed by atoms with van der Waals surface area (Å²) in [5.41, 5.74) is 12.1. The summed E-state index contributed by atoms with van der Waals surface area (Å²) in [4.78, 5) is 2.42. The van der Waals surface area contributed by atoms with E-state index in [1.54, 1.807) is 0 Å². The molecule has 0 aliphatic carbocycles. The van der Waals surface area contributed by atoms with Crippen LogP contribution in [0.4, 0.5) is 17.1 Å². The van der Waals surface area contributed by atoms with E-state index in [9.17, 15) is 0 Å². The minimum absolute atomic E-state index is 0.895. The fraction of sp³-hybridized carbons (Fsp3) is 0. The Morgan fingerprint density at radius 1 is 0.333 bits per heavy atom. The molecule has 0 radical (unpaired) electrons. The molecule has 8 aromatic carbocycles. The van der Waals surface area contributed by atoms with E-state index in [0.717, 1.165) is 50.1 Å². The maximum Gasteiger partial charge on any atom is 0.135 e. The average Bonchev–Trinajstić information content (AvgIpc) is 3.54. The van der Waals surface area contributed by atoms with Gasteiger partial charge in [0.1, 0.15) is 11.2 Å². The smallest absolute Gasteiger partial charge is 0.135 e. The van der Waals surface area contributed by atoms with Crippen molar-refractivity contribution in [1.82, 2.24) is 0 Å². The quantitative estimate of drug-likeness (QED) is 0.185. The standard InChI is InChI=1S/C46H31NO/c1-2-14-33(15-3-1)39-21-6-9-25-43(39)47(36-19-12-18-34(30-36)38-24-13-17-32-16-4-5-20-37(32)38)44-26-10-7-22-40(44)35-28-29-46-42(31-35)41-23-8-11-27-45(41)48-46/h1-31H. The van der Waals surface area contributed by atoms with Crippen molar-refractivity contribution in [3.8, 4) is 33.4 Å². The monoisotopic (exact) mass is 613 g/mol. The molecule has 1 heterocycles. The van der Waals surface area contributed by atoms with Gasteiger partial charge in [-0.3, -0.25) is 0 Å². The second-order valence-electron chi connectivity index (χ2n) is 12.1. The maximum atomic E-state index is 6.20. The van der Waals surface area contributed by atoms with Crippen LogP contribution in [-0.2, 0) is 0 Å². The van der Waals surface area contributed by atoms with E-state index in [2.05, 4.69) is 181 Å². The summed E-state index contributed by atoms with van der Waals surface area (Å²) in [6, 6.07) is 67.0. The van der Waals surface area contributed by atoms with Crippen LogP contribution in [0.25, 0.3) is 66.1 Å². The molecule has 0 aliphatic rings. The molecule has 0 N–H and O–H groups in total. The average molecular weight is 614 g/mol. The van der Waals surface area contributed by atoms with Gasteiger partial charge in [0, 0.05) is 27.6 Å². The molecule has 0 unspecified atom stereocenters. The topological polar surface area (TPSA) is 16.4 Å². The Balaban J connectivity index is 1.28. The van der Waals surface area contributed by atoms with Gasteiger partial charge in [-0.15, -0.1) is 0 Å². The number of anilines is 3. The molecule has 0 amide bonds. The van der Waals surface area contributed by atoms with Crippen molar-refractivity contribution in [3.05, 3.63) is 188 Å². The molecule has 0 fully saturated rings. The largest absolute Gasteiger partial charge is 0.456 e. The third-order valence-corrected chi connectivity index (χ3v) is 9.27. The summed E-state index contributed by atoms with van der Waals surface area (Å²) < 4.78 is 6.20. The molecule has 2 heteroatoms. The number of fused-ring (bicyclic) bond motifs is 4. The van der Waals surface area contributed by atoms with Gasteiger partial charge in [-0.05, 0) is 75.5 Å². The van der Waals surface area contributed by atoms with Gasteiger partial charge in [0.05, 0.1) is 11.4 Å². The molecule has 0 spiro atoms. The third kappa shape index (κ3) is 4.83. The van der Waals surface area contributed by atoms with Crippen molar-refractivity contribution < 1.29 is 4.42 Å². The van der Waals surface area contributed by atoms with E-state index in [-0.39, 0.29) is 0 Å². The third-order valence-electron chi connectivity index (χ3n) is 9.27. The second-order valence-corrected chi connectivity index (χ2v) is 12.1. The SMILES string of the molecule is c1ccc(-c2ccccc2N(c2cccc(-c3cccc4ccccc34)c2)c2ccccc2-c2ccc3oc4ccccc4c3c2)cc1. The van der Waals surface area contributed by atoms with E-state index in [1.807, 2.05) is 12.1 Å². The summed E-state index contributed by atoms with van der Waals surface area (Å²) in [6.07, 6.45) is 0. The van der Waals surface area contributed by atoms with Gasteiger partial charge in [0.15, 0.2) is 0 Å². The van der Waals surface area contributed by atoms with Crippen LogP contribution in [0.5, 0.6) is 0 Å². The predicted octanol–water partition coefficient (Wildman–Crippen LogP) is 13.2. The van der Waals surface area contributed by atoms with Gasteiger partial charge in [-0.1, -0.05) is 146 Å². The number of rotatable bonds is 6. The lowest BCUT2D eigenvalue weighted by molar-refractivity contribution is 0.669. The summed E-state index contributed by atoms with van der Waals surface area (Å²) in [5.74, 6) is 0. The minimum Gasteiger partial charge on any atom is -0.456 e. The number of furan rings is 1. The van der Waals surface area contributed by atoms with Gasteiger partial charge in [0.25, 0.3) is 0 Å². The molecule has 48 heavy (non-hydrogen) atoms. The van der Waals surface area contributed by atoms with Crippen LogP contribution in [0.3, 0.4) is 0 Å². The zero-order chi connectivity index (χ0) is 31.9. The van der Waals surface area contributed by atoms with Gasteiger partial charge >= 0.3 is 0 Å². The molecule has 0 atom stereocenters. The van der Waals surface area contributed by atoms with Crippen LogP contribution in [0.15, 0.2) is 192 Å². The van der Waals surface area contributed by atoms with Crippen molar-refractivity contribution >= 4 is 49.8 Å². The summed E-state index contributed by atoms with van der Waals surface area (Å²) in [6.45, 7) is 0. The second kappa shape index (κ2) is 11.8. The lowest BCUT2D eigenvalue weighted by Crippen LogP contribution is -2.12. The first-order valence-corrected chi connectivity index (χ1v) is 16.4. The molecular weight excluding hydrogens is 583 g/mol. The zero-order valence-electron chi connectivity index (χ0n) is 26.3. The summed E-state index contributed by atoms with van der Waals surface area (Å²) >= 11 is 0. The van der Waals surface area contributed by atoms with E-state index >= 15 is 0 Å². The molecular formula is C46H31NO. The Bertz CT molecular complexity index is 2570. The summed E-state index contributed by atoms with van der Waals surface area (Å²) in [5, 5.41) is 4.72. The van der Waals surface area contributed by atoms with E-state index in [1.165, 1.54) is 33.0 Å². The van der Waals surface area contributed by atoms with Crippen LogP contribution in [0.1, 0.15) is 0 Å². The molecule has 226 valence electrons. The predicted molar refractivity (Wildman–Crippen MR) is 202 cm³/mol. The molecule has 9 aromatic rings. The number of hydrogen-bond donors (Lipinski definition) is 0. The van der Waals surface area contributed by atoms with Gasteiger partial charge in [-0.2, -0.15) is 0 Å². The van der Waals surface area contributed by atoms with Crippen molar-refractivity contribution in [2.24, 2.45) is 0 Å². The van der Waals surface area contributed by atoms with E-state index < -0.39 is 0 Å². The Labute approximate surface area is 279 Å². The molecule has 0 aliphatic heterocycles. The number of hydrogen-bond acceptors (Lipinski definition) is 2. The van der Waals surface area contributed by atoms with Crippen LogP contribution in [0, 0.1) is 0 Å². The highest BCUT2D eigenvalue weighted by atomic mass is 16.3. The Hall–Kier alpha value is -6.38. The highest BCUT2D eigenvalue weighted by Gasteiger charge is 2.21. The number of para-hydroxylation sites is 3. The van der Waals surface area contributed by atoms with Crippen molar-refractivity contribution in [2.45, 2.75) is 0 Å². The van der Waals surface area contributed by atoms with Crippen LogP contribution >= 0.6 is 0 Å². The van der Waals surface area contributed by atoms with Crippen molar-refractivity contribution in [3.63, 3.8) is 0 Å². The zero-order valence-corrected chi connectivity index (χ0v) is 26.3. The fourth-order valence-corrected chi connectivity index (χ4v) is 7.03. The molecule has 1 aromatic heterocycles. The molecule has 9 rings (SSSR count). The van der Waals surface area contributed by atoms with Crippen molar-refractivity contribution in [2.75, 3.05) is 4.90 Å². The number of nitrogens with zero attached hydrogens (tertiary/aromatic N) is 1. The Morgan fingerprint density at radius 3 is 1.73 bits per heavy atom. The van der Waals surface area contributed by atoms with E-state index in [4.69, 9.17) is 4.42 Å². The van der Waals surface area contributed by atoms with Crippen molar-refractivity contribution in [1.29, 1.82) is 0 Å². The van der Waals surface area contributed by atoms with Crippen LogP contribution in [0.2, 0.25) is 0 Å². The van der Waals surface area contributed by atoms with E-state index in [0.29, 0.717) is 0 Å². The van der Waals surface area contributed by atoms with Crippen LogP contribution < -0.4 is 4.90 Å². The Kier molecular flexibility index (Phi) is 6.84. The molecule has 0 bridgehead atoms. The lowest BCUT2D eigenvalue weighted by atomic mass is 9.96. The van der Waals surface area contributed by atoms with Gasteiger partial charge in [-0.25, -0.2) is 0 Å². The summed E-state index contributed by atoms with van der Waals surface area (Å²) in [7, 11) is 0. The number of benzene rings is 8. The lowest BCUT2D eigenvalue weighted by Gasteiger charge is -2.30. The first-order chi connectivity index (χ1) is 23.8. The van der Waals surface area contributed by atoms with Crippen LogP contribution in [-0.4, -0.2) is 0 Å². The highest BCUT2D eigenvalue weighted by molar-refractivity contribution is 6.07. The first kappa shape index (κ1) is 27.9. The molecule has 2 nitrogen and oxygen atoms in total. The highest BCUT2D eigenvalue weighted by Crippen LogP contribution is 2.46. The fourth-order valence-electron chi connectivity index (χ4n) is 7.03. The molecule has 0 saturated heterocycles. The molecule has 0 saturated carbocycles. The normalized spacial score (nSPS) is 11.3. The minimum atomic E-state index is 0.895.